The molecule has 4 heteroatoms. The van der Waals surface area contributed by atoms with Crippen molar-refractivity contribution in [2.24, 2.45) is 0 Å². The summed E-state index contributed by atoms with van der Waals surface area (Å²) in [5, 5.41) is 3.02. The van der Waals surface area contributed by atoms with Crippen LogP contribution < -0.4 is 0 Å². The van der Waals surface area contributed by atoms with Crippen LogP contribution in [0.25, 0.3) is 10.8 Å². The number of halogens is 4. The van der Waals surface area contributed by atoms with Crippen LogP contribution in [0.4, 0.5) is 0 Å². The molecule has 0 saturated heterocycles. The Bertz CT molecular complexity index is 814. The Labute approximate surface area is 153 Å². The van der Waals surface area contributed by atoms with Gasteiger partial charge >= 0.3 is 0 Å². The molecule has 0 fully saturated rings. The summed E-state index contributed by atoms with van der Waals surface area (Å²) >= 11 is 17.3. The lowest BCUT2D eigenvalue weighted by Gasteiger charge is -2.16. The third kappa shape index (κ3) is 3.07. The van der Waals surface area contributed by atoms with E-state index in [1.165, 1.54) is 16.5 Å². The molecule has 0 amide bonds. The summed E-state index contributed by atoms with van der Waals surface area (Å²) in [6.07, 6.45) is 0. The first-order valence-electron chi connectivity index (χ1n) is 6.34. The minimum Gasteiger partial charge on any atom is -0.0837 e. The zero-order chi connectivity index (χ0) is 15.0. The Balaban J connectivity index is 2.20. The maximum absolute atomic E-state index is 6.30. The van der Waals surface area contributed by atoms with Crippen molar-refractivity contribution in [1.29, 1.82) is 0 Å². The normalized spacial score (nSPS) is 12.6. The van der Waals surface area contributed by atoms with E-state index in [2.05, 4.69) is 72.1 Å². The van der Waals surface area contributed by atoms with Gasteiger partial charge in [-0.2, -0.15) is 0 Å². The average molecular weight is 489 g/mol. The molecule has 3 aromatic rings. The zero-order valence-corrected chi connectivity index (χ0v) is 16.3. The first-order chi connectivity index (χ1) is 10.1. The van der Waals surface area contributed by atoms with Gasteiger partial charge in [-0.05, 0) is 40.8 Å². The van der Waals surface area contributed by atoms with Crippen LogP contribution in [0.15, 0.2) is 63.5 Å². The molecule has 21 heavy (non-hydrogen) atoms. The Morgan fingerprint density at radius 1 is 0.810 bits per heavy atom. The van der Waals surface area contributed by atoms with Crippen molar-refractivity contribution in [3.63, 3.8) is 0 Å². The van der Waals surface area contributed by atoms with Gasteiger partial charge in [0.2, 0.25) is 0 Å². The molecule has 0 aliphatic heterocycles. The highest BCUT2D eigenvalue weighted by molar-refractivity contribution is 9.11. The van der Waals surface area contributed by atoms with Crippen molar-refractivity contribution in [2.45, 2.75) is 4.83 Å². The topological polar surface area (TPSA) is 0 Å². The standard InChI is InChI=1S/C17H10Br3Cl/c18-10-5-7-15(19)14(9-10)17(20)13-6-8-16(21)12-4-2-1-3-11(12)13/h1-9,17H. The minimum absolute atomic E-state index is 0.0894. The van der Waals surface area contributed by atoms with Crippen molar-refractivity contribution in [3.8, 4) is 0 Å². The molecule has 106 valence electrons. The second-order valence-electron chi connectivity index (χ2n) is 4.71. The molecular weight excluding hydrogens is 479 g/mol. The molecular formula is C17H10Br3Cl. The maximum atomic E-state index is 6.30. The third-order valence-electron chi connectivity index (χ3n) is 3.41. The molecule has 0 radical (unpaired) electrons. The Morgan fingerprint density at radius 2 is 1.52 bits per heavy atom. The largest absolute Gasteiger partial charge is 0.0837 e. The van der Waals surface area contributed by atoms with Gasteiger partial charge in [-0.15, -0.1) is 0 Å². The molecule has 0 saturated carbocycles. The molecule has 0 aliphatic rings. The number of rotatable bonds is 2. The van der Waals surface area contributed by atoms with Crippen molar-refractivity contribution in [3.05, 3.63) is 79.7 Å². The van der Waals surface area contributed by atoms with Crippen LogP contribution in [-0.2, 0) is 0 Å². The van der Waals surface area contributed by atoms with Gasteiger partial charge in [-0.1, -0.05) is 89.7 Å². The van der Waals surface area contributed by atoms with E-state index in [1.807, 2.05) is 30.3 Å². The van der Waals surface area contributed by atoms with E-state index in [0.29, 0.717) is 0 Å². The molecule has 0 N–H and O–H groups in total. The molecule has 0 aliphatic carbocycles. The second kappa shape index (κ2) is 6.41. The fourth-order valence-corrected chi connectivity index (χ4v) is 4.55. The number of benzene rings is 3. The van der Waals surface area contributed by atoms with Crippen molar-refractivity contribution >= 4 is 70.2 Å². The first-order valence-corrected chi connectivity index (χ1v) is 9.22. The van der Waals surface area contributed by atoms with Crippen LogP contribution in [0, 0.1) is 0 Å². The van der Waals surface area contributed by atoms with Gasteiger partial charge in [-0.25, -0.2) is 0 Å². The lowest BCUT2D eigenvalue weighted by Crippen LogP contribution is -1.96. The van der Waals surface area contributed by atoms with Crippen LogP contribution in [0.2, 0.25) is 5.02 Å². The van der Waals surface area contributed by atoms with Crippen LogP contribution >= 0.6 is 59.4 Å². The van der Waals surface area contributed by atoms with E-state index in [9.17, 15) is 0 Å². The summed E-state index contributed by atoms with van der Waals surface area (Å²) in [6, 6.07) is 18.4. The molecule has 0 aromatic heterocycles. The number of hydrogen-bond donors (Lipinski definition) is 0. The van der Waals surface area contributed by atoms with E-state index >= 15 is 0 Å². The summed E-state index contributed by atoms with van der Waals surface area (Å²) in [5.41, 5.74) is 2.38. The van der Waals surface area contributed by atoms with Crippen molar-refractivity contribution in [1.82, 2.24) is 0 Å². The number of hydrogen-bond acceptors (Lipinski definition) is 0. The molecule has 1 unspecified atom stereocenters. The Kier molecular flexibility index (Phi) is 4.75. The highest BCUT2D eigenvalue weighted by Gasteiger charge is 2.17. The predicted octanol–water partition coefficient (Wildman–Crippen LogP) is 7.50. The van der Waals surface area contributed by atoms with Crippen LogP contribution in [0.5, 0.6) is 0 Å². The Morgan fingerprint density at radius 3 is 2.29 bits per heavy atom. The summed E-state index contributed by atoms with van der Waals surface area (Å²) < 4.78 is 2.13. The van der Waals surface area contributed by atoms with E-state index < -0.39 is 0 Å². The zero-order valence-electron chi connectivity index (χ0n) is 10.8. The van der Waals surface area contributed by atoms with E-state index in [0.717, 1.165) is 19.4 Å². The quantitative estimate of drug-likeness (QED) is 0.327. The fraction of sp³-hybridized carbons (Fsp3) is 0.0588. The number of fused-ring (bicyclic) bond motifs is 1. The van der Waals surface area contributed by atoms with Crippen molar-refractivity contribution in [2.75, 3.05) is 0 Å². The van der Waals surface area contributed by atoms with E-state index in [4.69, 9.17) is 11.6 Å². The second-order valence-corrected chi connectivity index (χ2v) is 7.80. The van der Waals surface area contributed by atoms with Crippen LogP contribution in [0.3, 0.4) is 0 Å². The summed E-state index contributed by atoms with van der Waals surface area (Å²) in [7, 11) is 0. The lowest BCUT2D eigenvalue weighted by molar-refractivity contribution is 1.18. The summed E-state index contributed by atoms with van der Waals surface area (Å²) in [4.78, 5) is 0.0894. The van der Waals surface area contributed by atoms with Crippen molar-refractivity contribution < 1.29 is 0 Å². The highest BCUT2D eigenvalue weighted by atomic mass is 79.9. The molecule has 0 nitrogen and oxygen atoms in total. The van der Waals surface area contributed by atoms with Crippen LogP contribution in [0.1, 0.15) is 16.0 Å². The lowest BCUT2D eigenvalue weighted by atomic mass is 9.98. The number of alkyl halides is 1. The molecule has 3 aromatic carbocycles. The highest BCUT2D eigenvalue weighted by Crippen LogP contribution is 2.40. The van der Waals surface area contributed by atoms with E-state index in [1.54, 1.807) is 0 Å². The smallest absolute Gasteiger partial charge is 0.0662 e. The average Bonchev–Trinajstić information content (AvgIpc) is 2.50. The maximum Gasteiger partial charge on any atom is 0.0662 e. The van der Waals surface area contributed by atoms with Crippen LogP contribution in [-0.4, -0.2) is 0 Å². The Hall–Kier alpha value is -0.350. The molecule has 0 bridgehead atoms. The summed E-state index contributed by atoms with van der Waals surface area (Å²) in [6.45, 7) is 0. The summed E-state index contributed by atoms with van der Waals surface area (Å²) in [5.74, 6) is 0. The van der Waals surface area contributed by atoms with Gasteiger partial charge in [0.1, 0.15) is 0 Å². The first kappa shape index (κ1) is 15.5. The van der Waals surface area contributed by atoms with Gasteiger partial charge in [-0.3, -0.25) is 0 Å². The predicted molar refractivity (Wildman–Crippen MR) is 102 cm³/mol. The van der Waals surface area contributed by atoms with Gasteiger partial charge in [0.25, 0.3) is 0 Å². The third-order valence-corrected chi connectivity index (χ3v) is 5.94. The van der Waals surface area contributed by atoms with Gasteiger partial charge in [0.05, 0.1) is 4.83 Å². The van der Waals surface area contributed by atoms with Gasteiger partial charge in [0.15, 0.2) is 0 Å². The molecule has 0 heterocycles. The van der Waals surface area contributed by atoms with E-state index in [-0.39, 0.29) is 4.83 Å². The van der Waals surface area contributed by atoms with Gasteiger partial charge < -0.3 is 0 Å². The fourth-order valence-electron chi connectivity index (χ4n) is 2.38. The molecule has 0 spiro atoms. The monoisotopic (exact) mass is 486 g/mol. The van der Waals surface area contributed by atoms with Gasteiger partial charge in [0, 0.05) is 19.4 Å². The SMILES string of the molecule is Clc1ccc(C(Br)c2cc(Br)ccc2Br)c2ccccc12. The minimum atomic E-state index is 0.0894. The molecule has 3 rings (SSSR count). The molecule has 1 atom stereocenters.